The molecule has 0 bridgehead atoms. The van der Waals surface area contributed by atoms with E-state index in [4.69, 9.17) is 0 Å². The van der Waals surface area contributed by atoms with Crippen LogP contribution in [-0.4, -0.2) is 52.7 Å². The van der Waals surface area contributed by atoms with Gasteiger partial charge < -0.3 is 13.7 Å². The molecule has 7 aromatic heterocycles. The van der Waals surface area contributed by atoms with E-state index in [-0.39, 0.29) is 0 Å². The minimum Gasteiger partial charge on any atom is -0.307 e. The van der Waals surface area contributed by atoms with Gasteiger partial charge in [-0.25, -0.2) is 19.9 Å². The van der Waals surface area contributed by atoms with Crippen LogP contribution in [0.25, 0.3) is 50.5 Å². The molecular weight excluding hydrogens is 490 g/mol. The van der Waals surface area contributed by atoms with E-state index in [0.717, 1.165) is 50.5 Å². The van der Waals surface area contributed by atoms with Crippen molar-refractivity contribution >= 4 is 21.8 Å². The predicted octanol–water partition coefficient (Wildman–Crippen LogP) is 4.32. The average molecular weight is 510 g/mol. The molecule has 0 saturated carbocycles. The fraction of sp³-hybridized carbons (Fsp3) is 0. The van der Waals surface area contributed by atoms with Gasteiger partial charge in [-0.3, -0.25) is 19.1 Å². The molecule has 0 aliphatic carbocycles. The lowest BCUT2D eigenvalue weighted by Gasteiger charge is -2.14. The molecule has 39 heavy (non-hydrogen) atoms. The van der Waals surface area contributed by atoms with E-state index in [2.05, 4.69) is 52.7 Å². The highest BCUT2D eigenvalue weighted by atomic mass is 15.2. The van der Waals surface area contributed by atoms with Crippen LogP contribution in [0.2, 0.25) is 0 Å². The molecule has 0 saturated heterocycles. The third-order valence-corrected chi connectivity index (χ3v) is 6.79. The van der Waals surface area contributed by atoms with Gasteiger partial charge in [0.05, 0.1) is 46.7 Å². The van der Waals surface area contributed by atoms with Crippen molar-refractivity contribution in [2.45, 2.75) is 0 Å². The number of imidazole rings is 4. The third-order valence-electron chi connectivity index (χ3n) is 6.79. The molecule has 8 rings (SSSR count). The van der Waals surface area contributed by atoms with Gasteiger partial charge in [0.1, 0.15) is 25.3 Å². The molecule has 0 aliphatic heterocycles. The molecule has 0 unspecified atom stereocenters. The lowest BCUT2D eigenvalue weighted by molar-refractivity contribution is 1.00. The number of rotatable bonds is 5. The zero-order chi connectivity index (χ0) is 25.8. The molecule has 0 N–H and O–H groups in total. The van der Waals surface area contributed by atoms with Gasteiger partial charge in [0, 0.05) is 54.2 Å². The van der Waals surface area contributed by atoms with Crippen molar-refractivity contribution in [3.8, 4) is 28.7 Å². The molecule has 7 heterocycles. The van der Waals surface area contributed by atoms with Crippen LogP contribution in [0.4, 0.5) is 0 Å². The van der Waals surface area contributed by atoms with Crippen LogP contribution >= 0.6 is 0 Å². The van der Waals surface area contributed by atoms with E-state index in [1.165, 1.54) is 0 Å². The highest BCUT2D eigenvalue weighted by Crippen LogP contribution is 2.32. The number of fused-ring (bicyclic) bond motifs is 3. The molecule has 1 aromatic carbocycles. The summed E-state index contributed by atoms with van der Waals surface area (Å²) in [6.07, 6.45) is 25.7. The Balaban J connectivity index is 1.36. The molecule has 186 valence electrons. The Morgan fingerprint density at radius 3 is 1.74 bits per heavy atom. The Labute approximate surface area is 220 Å². The summed E-state index contributed by atoms with van der Waals surface area (Å²) in [5.74, 6) is 1.55. The van der Waals surface area contributed by atoms with E-state index in [1.807, 2.05) is 80.0 Å². The second-order valence-electron chi connectivity index (χ2n) is 9.05. The Bertz CT molecular complexity index is 1930. The molecule has 0 fully saturated rings. The van der Waals surface area contributed by atoms with E-state index in [9.17, 15) is 0 Å². The van der Waals surface area contributed by atoms with Crippen molar-refractivity contribution in [1.29, 1.82) is 0 Å². The first-order valence-corrected chi connectivity index (χ1v) is 12.2. The maximum atomic E-state index is 4.60. The van der Waals surface area contributed by atoms with Crippen LogP contribution in [-0.2, 0) is 0 Å². The zero-order valence-corrected chi connectivity index (χ0v) is 20.4. The molecule has 11 heteroatoms. The predicted molar refractivity (Wildman–Crippen MR) is 145 cm³/mol. The first-order valence-electron chi connectivity index (χ1n) is 12.2. The van der Waals surface area contributed by atoms with Gasteiger partial charge in [-0.2, -0.15) is 0 Å². The molecule has 0 radical (unpaired) electrons. The highest BCUT2D eigenvalue weighted by molar-refractivity contribution is 6.08. The lowest BCUT2D eigenvalue weighted by Crippen LogP contribution is -2.01. The zero-order valence-electron chi connectivity index (χ0n) is 20.4. The highest BCUT2D eigenvalue weighted by Gasteiger charge is 2.15. The molecule has 0 aliphatic rings. The smallest absolute Gasteiger partial charge is 0.156 e. The topological polar surface area (TPSA) is 102 Å². The fourth-order valence-electron chi connectivity index (χ4n) is 4.96. The SMILES string of the molecule is c1cc2c(cn1)c1ccncc1n2-c1cc(-n2cnc(-n3ccnc3)c2)cc(-n2cnc(-n3ccnc3)c2)c1. The summed E-state index contributed by atoms with van der Waals surface area (Å²) in [6.45, 7) is 0. The molecular formula is C28H19N11. The monoisotopic (exact) mass is 509 g/mol. The number of hydrogen-bond acceptors (Lipinski definition) is 6. The van der Waals surface area contributed by atoms with Gasteiger partial charge in [-0.05, 0) is 30.3 Å². The van der Waals surface area contributed by atoms with Crippen LogP contribution in [0.1, 0.15) is 0 Å². The summed E-state index contributed by atoms with van der Waals surface area (Å²) in [4.78, 5) is 26.3. The van der Waals surface area contributed by atoms with Gasteiger partial charge in [-0.1, -0.05) is 0 Å². The van der Waals surface area contributed by atoms with Crippen LogP contribution in [0, 0.1) is 0 Å². The van der Waals surface area contributed by atoms with Crippen LogP contribution < -0.4 is 0 Å². The second-order valence-corrected chi connectivity index (χ2v) is 9.05. The summed E-state index contributed by atoms with van der Waals surface area (Å²) >= 11 is 0. The molecule has 0 atom stereocenters. The molecule has 11 nitrogen and oxygen atoms in total. The van der Waals surface area contributed by atoms with E-state index < -0.39 is 0 Å². The second kappa shape index (κ2) is 8.35. The number of benzene rings is 1. The minimum absolute atomic E-state index is 0.775. The summed E-state index contributed by atoms with van der Waals surface area (Å²) in [5.41, 5.74) is 4.89. The maximum absolute atomic E-state index is 4.60. The third kappa shape index (κ3) is 3.44. The van der Waals surface area contributed by atoms with E-state index in [0.29, 0.717) is 0 Å². The Kier molecular flexibility index (Phi) is 4.55. The summed E-state index contributed by atoms with van der Waals surface area (Å²) < 4.78 is 9.97. The number of nitrogens with zero attached hydrogens (tertiary/aromatic N) is 11. The van der Waals surface area contributed by atoms with Crippen LogP contribution in [0.5, 0.6) is 0 Å². The quantitative estimate of drug-likeness (QED) is 0.343. The largest absolute Gasteiger partial charge is 0.307 e. The Hall–Kier alpha value is -5.84. The van der Waals surface area contributed by atoms with Crippen molar-refractivity contribution in [3.63, 3.8) is 0 Å². The van der Waals surface area contributed by atoms with Gasteiger partial charge in [0.15, 0.2) is 11.6 Å². The fourth-order valence-corrected chi connectivity index (χ4v) is 4.96. The number of aromatic nitrogens is 11. The molecule has 0 spiro atoms. The van der Waals surface area contributed by atoms with Gasteiger partial charge >= 0.3 is 0 Å². The van der Waals surface area contributed by atoms with Crippen molar-refractivity contribution in [2.24, 2.45) is 0 Å². The van der Waals surface area contributed by atoms with E-state index >= 15 is 0 Å². The minimum atomic E-state index is 0.775. The Morgan fingerprint density at radius 1 is 0.487 bits per heavy atom. The normalized spacial score (nSPS) is 11.6. The Morgan fingerprint density at radius 2 is 1.10 bits per heavy atom. The van der Waals surface area contributed by atoms with Crippen molar-refractivity contribution in [2.75, 3.05) is 0 Å². The first-order chi connectivity index (χ1) is 19.3. The van der Waals surface area contributed by atoms with Gasteiger partial charge in [0.25, 0.3) is 0 Å². The number of pyridine rings is 2. The first kappa shape index (κ1) is 21.3. The van der Waals surface area contributed by atoms with Gasteiger partial charge in [-0.15, -0.1) is 0 Å². The summed E-state index contributed by atoms with van der Waals surface area (Å²) in [5, 5.41) is 2.16. The van der Waals surface area contributed by atoms with Crippen molar-refractivity contribution < 1.29 is 0 Å². The van der Waals surface area contributed by atoms with Crippen LogP contribution in [0.3, 0.4) is 0 Å². The van der Waals surface area contributed by atoms with Crippen molar-refractivity contribution in [1.82, 2.24) is 52.7 Å². The number of hydrogen-bond donors (Lipinski definition) is 0. The van der Waals surface area contributed by atoms with Gasteiger partial charge in [0.2, 0.25) is 0 Å². The summed E-state index contributed by atoms with van der Waals surface area (Å²) in [7, 11) is 0. The molecule has 8 aromatic rings. The molecule has 0 amide bonds. The van der Waals surface area contributed by atoms with Crippen LogP contribution in [0.15, 0.2) is 118 Å². The van der Waals surface area contributed by atoms with E-state index in [1.54, 1.807) is 37.7 Å². The summed E-state index contributed by atoms with van der Waals surface area (Å²) in [6, 6.07) is 10.5. The standard InChI is InChI=1S/C28H19N11/c1-3-30-13-26-23(1)24-12-29-4-2-25(24)39(26)22-10-20(37-14-27(33-18-37)35-7-5-31-16-35)9-21(11-22)38-15-28(34-19-38)36-8-6-32-17-36/h1-19H. The average Bonchev–Trinajstić information content (AvgIpc) is 3.80. The van der Waals surface area contributed by atoms with Crippen molar-refractivity contribution in [3.05, 3.63) is 118 Å². The lowest BCUT2D eigenvalue weighted by atomic mass is 10.2. The maximum Gasteiger partial charge on any atom is 0.156 e.